The summed E-state index contributed by atoms with van der Waals surface area (Å²) in [6, 6.07) is 0. The number of rotatable bonds is 8. The lowest BCUT2D eigenvalue weighted by Gasteiger charge is -2.15. The van der Waals surface area contributed by atoms with Gasteiger partial charge in [0.15, 0.2) is 9.84 Å². The molecule has 2 atom stereocenters. The minimum absolute atomic E-state index is 0.678. The van der Waals surface area contributed by atoms with E-state index in [1.165, 1.54) is 0 Å². The van der Waals surface area contributed by atoms with Crippen molar-refractivity contribution in [2.45, 2.75) is 13.8 Å². The number of sulfone groups is 1. The van der Waals surface area contributed by atoms with Crippen LogP contribution in [0.15, 0.2) is 0 Å². The molecule has 0 rings (SSSR count). The van der Waals surface area contributed by atoms with Crippen LogP contribution >= 0.6 is 0 Å². The van der Waals surface area contributed by atoms with Gasteiger partial charge in [-0.1, -0.05) is 0 Å². The molecular weight excluding hydrogens is 304 g/mol. The van der Waals surface area contributed by atoms with E-state index in [0.717, 1.165) is 28.1 Å². The topological polar surface area (TPSA) is 121 Å². The van der Waals surface area contributed by atoms with E-state index in [-0.39, 0.29) is 0 Å². The fourth-order valence-corrected chi connectivity index (χ4v) is 3.46. The van der Waals surface area contributed by atoms with Gasteiger partial charge in [-0.25, -0.2) is 8.42 Å². The van der Waals surface area contributed by atoms with E-state index in [0.29, 0.717) is 0 Å². The van der Waals surface area contributed by atoms with Crippen LogP contribution in [0.2, 0.25) is 0 Å². The van der Waals surface area contributed by atoms with Crippen molar-refractivity contribution < 1.29 is 37.1 Å². The molecule has 2 unspecified atom stereocenters. The highest BCUT2D eigenvalue weighted by Gasteiger charge is 2.35. The molecule has 8 nitrogen and oxygen atoms in total. The average Bonchev–Trinajstić information content (AvgIpc) is 2.40. The number of carbonyl (C=O) groups is 4. The summed E-state index contributed by atoms with van der Waals surface area (Å²) in [4.78, 5) is 45.4. The highest BCUT2D eigenvalue weighted by Crippen LogP contribution is 2.12. The average molecular weight is 322 g/mol. The third-order valence-corrected chi connectivity index (χ3v) is 4.48. The number of hydrogen-bond donors (Lipinski definition) is 0. The number of ketones is 2. The summed E-state index contributed by atoms with van der Waals surface area (Å²) in [5, 5.41) is 0. The SMILES string of the molecule is COC(=O)C(CS(=O)(=O)CC(C(C)=O)C(=O)OC)C(C)=O. The summed E-state index contributed by atoms with van der Waals surface area (Å²) < 4.78 is 32.7. The second kappa shape index (κ2) is 7.87. The molecule has 0 aromatic carbocycles. The first kappa shape index (κ1) is 19.2. The highest BCUT2D eigenvalue weighted by molar-refractivity contribution is 7.91. The minimum Gasteiger partial charge on any atom is -0.468 e. The van der Waals surface area contributed by atoms with E-state index in [2.05, 4.69) is 9.47 Å². The number of hydrogen-bond acceptors (Lipinski definition) is 8. The monoisotopic (exact) mass is 322 g/mol. The molecule has 0 N–H and O–H groups in total. The summed E-state index contributed by atoms with van der Waals surface area (Å²) >= 11 is 0. The quantitative estimate of drug-likeness (QED) is 0.419. The first-order chi connectivity index (χ1) is 9.55. The third kappa shape index (κ3) is 6.03. The summed E-state index contributed by atoms with van der Waals surface area (Å²) in [5.41, 5.74) is 0. The van der Waals surface area contributed by atoms with Crippen molar-refractivity contribution in [3.63, 3.8) is 0 Å². The number of methoxy groups -OCH3 is 2. The zero-order chi connectivity index (χ0) is 16.8. The van der Waals surface area contributed by atoms with Gasteiger partial charge in [-0.15, -0.1) is 0 Å². The maximum absolute atomic E-state index is 12.0. The molecule has 0 spiro atoms. The highest BCUT2D eigenvalue weighted by atomic mass is 32.2. The zero-order valence-corrected chi connectivity index (χ0v) is 13.1. The summed E-state index contributed by atoms with van der Waals surface area (Å²) in [7, 11) is -1.97. The Morgan fingerprint density at radius 2 is 1.10 bits per heavy atom. The van der Waals surface area contributed by atoms with Crippen LogP contribution in [0, 0.1) is 11.8 Å². The van der Waals surface area contributed by atoms with E-state index in [4.69, 9.17) is 0 Å². The second-order valence-corrected chi connectivity index (χ2v) is 6.60. The Morgan fingerprint density at radius 1 is 0.810 bits per heavy atom. The van der Waals surface area contributed by atoms with Crippen LogP contribution in [-0.4, -0.2) is 57.6 Å². The lowest BCUT2D eigenvalue weighted by Crippen LogP contribution is -2.36. The third-order valence-electron chi connectivity index (χ3n) is 2.79. The van der Waals surface area contributed by atoms with E-state index in [9.17, 15) is 27.6 Å². The van der Waals surface area contributed by atoms with E-state index >= 15 is 0 Å². The molecule has 0 aliphatic heterocycles. The Balaban J connectivity index is 5.20. The molecule has 0 saturated carbocycles. The molecule has 0 saturated heterocycles. The molecule has 0 amide bonds. The molecule has 21 heavy (non-hydrogen) atoms. The van der Waals surface area contributed by atoms with Crippen molar-refractivity contribution in [3.05, 3.63) is 0 Å². The van der Waals surface area contributed by atoms with Gasteiger partial charge in [-0.2, -0.15) is 0 Å². The number of esters is 2. The lowest BCUT2D eigenvalue weighted by molar-refractivity contribution is -0.149. The predicted octanol–water partition coefficient (Wildman–Crippen LogP) is -0.842. The van der Waals surface area contributed by atoms with Crippen LogP contribution in [0.5, 0.6) is 0 Å². The molecule has 0 aromatic heterocycles. The summed E-state index contributed by atoms with van der Waals surface area (Å²) in [5.74, 6) is -7.93. The molecule has 0 heterocycles. The normalized spacial score (nSPS) is 13.9. The number of Topliss-reactive ketones (excluding diaryl/α,β-unsaturated/α-hetero) is 2. The first-order valence-electron chi connectivity index (χ1n) is 5.92. The first-order valence-corrected chi connectivity index (χ1v) is 7.74. The van der Waals surface area contributed by atoms with Gasteiger partial charge in [0, 0.05) is 0 Å². The van der Waals surface area contributed by atoms with Crippen LogP contribution in [0.3, 0.4) is 0 Å². The van der Waals surface area contributed by atoms with E-state index < -0.39 is 56.7 Å². The number of ether oxygens (including phenoxy) is 2. The van der Waals surface area contributed by atoms with Crippen LogP contribution < -0.4 is 0 Å². The van der Waals surface area contributed by atoms with E-state index in [1.54, 1.807) is 0 Å². The van der Waals surface area contributed by atoms with Gasteiger partial charge in [-0.3, -0.25) is 19.2 Å². The molecule has 0 aromatic rings. The Bertz CT molecular complexity index is 491. The molecule has 0 bridgehead atoms. The number of carbonyl (C=O) groups excluding carboxylic acids is 4. The zero-order valence-electron chi connectivity index (χ0n) is 12.2. The van der Waals surface area contributed by atoms with Gasteiger partial charge in [0.2, 0.25) is 0 Å². The predicted molar refractivity (Wildman–Crippen MR) is 71.0 cm³/mol. The molecular formula is C12H18O8S. The van der Waals surface area contributed by atoms with Crippen LogP contribution in [0.25, 0.3) is 0 Å². The van der Waals surface area contributed by atoms with Crippen LogP contribution in [-0.2, 0) is 38.5 Å². The Hall–Kier alpha value is -1.77. The molecule has 9 heteroatoms. The fraction of sp³-hybridized carbons (Fsp3) is 0.667. The van der Waals surface area contributed by atoms with Crippen LogP contribution in [0.4, 0.5) is 0 Å². The van der Waals surface area contributed by atoms with Crippen molar-refractivity contribution in [2.24, 2.45) is 11.8 Å². The van der Waals surface area contributed by atoms with Crippen molar-refractivity contribution >= 4 is 33.3 Å². The van der Waals surface area contributed by atoms with Crippen molar-refractivity contribution in [1.82, 2.24) is 0 Å². The standard InChI is InChI=1S/C12H18O8S/c1-7(13)9(11(15)19-3)5-21(17,18)6-10(8(2)14)12(16)20-4/h9-10H,5-6H2,1-4H3. The summed E-state index contributed by atoms with van der Waals surface area (Å²) in [6.45, 7) is 2.11. The van der Waals surface area contributed by atoms with Gasteiger partial charge in [-0.05, 0) is 13.8 Å². The lowest BCUT2D eigenvalue weighted by atomic mass is 10.1. The second-order valence-electron chi connectivity index (χ2n) is 4.45. The van der Waals surface area contributed by atoms with Crippen molar-refractivity contribution in [1.29, 1.82) is 0 Å². The molecule has 120 valence electrons. The van der Waals surface area contributed by atoms with E-state index in [1.807, 2.05) is 0 Å². The van der Waals surface area contributed by atoms with Crippen molar-refractivity contribution in [2.75, 3.05) is 25.7 Å². The van der Waals surface area contributed by atoms with Crippen molar-refractivity contribution in [3.8, 4) is 0 Å². The smallest absolute Gasteiger partial charge is 0.317 e. The minimum atomic E-state index is -4.02. The Morgan fingerprint density at radius 3 is 1.29 bits per heavy atom. The molecule has 0 fully saturated rings. The maximum Gasteiger partial charge on any atom is 0.317 e. The largest absolute Gasteiger partial charge is 0.468 e. The van der Waals surface area contributed by atoms with Gasteiger partial charge in [0.1, 0.15) is 23.4 Å². The molecule has 0 aliphatic rings. The van der Waals surface area contributed by atoms with Gasteiger partial charge in [0.05, 0.1) is 25.7 Å². The maximum atomic E-state index is 12.0. The van der Waals surface area contributed by atoms with Crippen LogP contribution in [0.1, 0.15) is 13.8 Å². The van der Waals surface area contributed by atoms with Gasteiger partial charge in [0.25, 0.3) is 0 Å². The van der Waals surface area contributed by atoms with Gasteiger partial charge >= 0.3 is 11.9 Å². The Labute approximate surface area is 122 Å². The summed E-state index contributed by atoms with van der Waals surface area (Å²) in [6.07, 6.45) is 0. The molecule has 0 radical (unpaired) electrons. The Kier molecular flexibility index (Phi) is 7.20. The fourth-order valence-electron chi connectivity index (χ4n) is 1.56. The van der Waals surface area contributed by atoms with Gasteiger partial charge < -0.3 is 9.47 Å². The molecule has 0 aliphatic carbocycles.